The van der Waals surface area contributed by atoms with Crippen molar-refractivity contribution in [1.82, 2.24) is 0 Å². The smallest absolute Gasteiger partial charge is 0.328 e. The van der Waals surface area contributed by atoms with Gasteiger partial charge in [-0.1, -0.05) is 112 Å². The van der Waals surface area contributed by atoms with E-state index in [1.807, 2.05) is 48.6 Å². The monoisotopic (exact) mass is 360 g/mol. The third kappa shape index (κ3) is 18.2. The number of unbranched alkanes of at least 4 members (excludes halogenated alkanes) is 5. The van der Waals surface area contributed by atoms with E-state index in [1.165, 1.54) is 38.2 Å². The van der Waals surface area contributed by atoms with Crippen LogP contribution < -0.4 is 0 Å². The molecule has 4 heteroatoms. The molecule has 144 valence electrons. The molecule has 1 unspecified atom stereocenters. The van der Waals surface area contributed by atoms with E-state index < -0.39 is 5.97 Å². The second-order valence-electron chi connectivity index (χ2n) is 5.82. The van der Waals surface area contributed by atoms with Crippen LogP contribution in [0.2, 0.25) is 0 Å². The van der Waals surface area contributed by atoms with Gasteiger partial charge >= 0.3 is 5.97 Å². The first-order valence-electron chi connectivity index (χ1n) is 9.25. The number of rotatable bonds is 15. The highest BCUT2D eigenvalue weighted by Gasteiger charge is 2.03. The largest absolute Gasteiger partial charge is 0.478 e. The Morgan fingerprint density at radius 2 is 1.31 bits per heavy atom. The fourth-order valence-corrected chi connectivity index (χ4v) is 2.15. The number of hydrogen-bond acceptors (Lipinski definition) is 3. The SMILES string of the molecule is CCCCCCCCC(C=CC=CC=CC=CC=CC=CC(=O)O)OO. The molecule has 26 heavy (non-hydrogen) atoms. The van der Waals surface area contributed by atoms with E-state index in [1.54, 1.807) is 12.2 Å². The third-order valence-corrected chi connectivity index (χ3v) is 3.54. The Balaban J connectivity index is 3.92. The Hall–Kier alpha value is -2.17. The summed E-state index contributed by atoms with van der Waals surface area (Å²) in [6, 6.07) is 0. The highest BCUT2D eigenvalue weighted by atomic mass is 17.1. The molecule has 0 radical (unpaired) electrons. The standard InChI is InChI=1S/C22H32O4/c1-2-3-4-5-12-15-18-21(26-25)19-16-13-10-8-6-7-9-11-14-17-20-22(23)24/h6-11,13-14,16-17,19-21,25H,2-5,12,15,18H2,1H3,(H,23,24). The predicted octanol–water partition coefficient (Wildman–Crippen LogP) is 6.02. The Kier molecular flexibility index (Phi) is 17.6. The Labute approximate surface area is 157 Å². The first-order valence-corrected chi connectivity index (χ1v) is 9.25. The topological polar surface area (TPSA) is 66.8 Å². The fourth-order valence-electron chi connectivity index (χ4n) is 2.15. The van der Waals surface area contributed by atoms with Crippen LogP contribution >= 0.6 is 0 Å². The number of allylic oxidation sites excluding steroid dienone is 10. The van der Waals surface area contributed by atoms with Crippen LogP contribution in [0.4, 0.5) is 0 Å². The second kappa shape index (κ2) is 19.2. The normalized spacial score (nSPS) is 14.2. The lowest BCUT2D eigenvalue weighted by Gasteiger charge is -2.07. The molecule has 0 bridgehead atoms. The molecular weight excluding hydrogens is 328 g/mol. The summed E-state index contributed by atoms with van der Waals surface area (Å²) in [5, 5.41) is 17.3. The zero-order valence-corrected chi connectivity index (χ0v) is 15.7. The number of aliphatic carboxylic acids is 1. The fraction of sp³-hybridized carbons (Fsp3) is 0.409. The molecule has 0 saturated carbocycles. The third-order valence-electron chi connectivity index (χ3n) is 3.54. The van der Waals surface area contributed by atoms with Crippen LogP contribution in [0.15, 0.2) is 72.9 Å². The molecule has 4 nitrogen and oxygen atoms in total. The van der Waals surface area contributed by atoms with Gasteiger partial charge in [0, 0.05) is 6.08 Å². The average molecular weight is 360 g/mol. The van der Waals surface area contributed by atoms with Crippen molar-refractivity contribution >= 4 is 5.97 Å². The summed E-state index contributed by atoms with van der Waals surface area (Å²) in [5.41, 5.74) is 0. The lowest BCUT2D eigenvalue weighted by molar-refractivity contribution is -0.267. The summed E-state index contributed by atoms with van der Waals surface area (Å²) >= 11 is 0. The van der Waals surface area contributed by atoms with Gasteiger partial charge < -0.3 is 5.11 Å². The first-order chi connectivity index (χ1) is 12.7. The van der Waals surface area contributed by atoms with Gasteiger partial charge in [0.25, 0.3) is 0 Å². The van der Waals surface area contributed by atoms with E-state index in [0.29, 0.717) is 0 Å². The van der Waals surface area contributed by atoms with Crippen molar-refractivity contribution < 1.29 is 20.0 Å². The minimum Gasteiger partial charge on any atom is -0.478 e. The van der Waals surface area contributed by atoms with Gasteiger partial charge in [0.2, 0.25) is 0 Å². The van der Waals surface area contributed by atoms with Gasteiger partial charge in [-0.25, -0.2) is 9.68 Å². The van der Waals surface area contributed by atoms with Crippen molar-refractivity contribution in [3.63, 3.8) is 0 Å². The van der Waals surface area contributed by atoms with Gasteiger partial charge in [-0.05, 0) is 6.42 Å². The van der Waals surface area contributed by atoms with Gasteiger partial charge in [0.1, 0.15) is 6.10 Å². The van der Waals surface area contributed by atoms with Crippen molar-refractivity contribution in [3.8, 4) is 0 Å². The Morgan fingerprint density at radius 1 is 0.808 bits per heavy atom. The van der Waals surface area contributed by atoms with E-state index in [-0.39, 0.29) is 6.10 Å². The van der Waals surface area contributed by atoms with Gasteiger partial charge in [-0.3, -0.25) is 5.26 Å². The van der Waals surface area contributed by atoms with Gasteiger partial charge in [0.05, 0.1) is 0 Å². The van der Waals surface area contributed by atoms with E-state index in [4.69, 9.17) is 10.4 Å². The molecule has 0 heterocycles. The number of carbonyl (C=O) groups is 1. The quantitative estimate of drug-likeness (QED) is 0.123. The van der Waals surface area contributed by atoms with Crippen LogP contribution in [0.5, 0.6) is 0 Å². The molecule has 0 rings (SSSR count). The molecule has 0 amide bonds. The van der Waals surface area contributed by atoms with E-state index in [9.17, 15) is 4.79 Å². The zero-order valence-electron chi connectivity index (χ0n) is 15.7. The molecule has 0 fully saturated rings. The molecule has 0 aromatic heterocycles. The van der Waals surface area contributed by atoms with Crippen LogP contribution in [0.1, 0.15) is 51.9 Å². The minimum absolute atomic E-state index is 0.251. The maximum absolute atomic E-state index is 10.2. The van der Waals surface area contributed by atoms with Crippen LogP contribution in [-0.4, -0.2) is 22.4 Å². The number of hydrogen-bond donors (Lipinski definition) is 2. The van der Waals surface area contributed by atoms with Crippen LogP contribution in [-0.2, 0) is 9.68 Å². The first kappa shape index (κ1) is 23.8. The van der Waals surface area contributed by atoms with Crippen molar-refractivity contribution in [2.24, 2.45) is 0 Å². The minimum atomic E-state index is -0.961. The summed E-state index contributed by atoms with van der Waals surface area (Å²) in [6.45, 7) is 2.21. The predicted molar refractivity (Wildman–Crippen MR) is 108 cm³/mol. The van der Waals surface area contributed by atoms with Crippen molar-refractivity contribution in [1.29, 1.82) is 0 Å². The highest BCUT2D eigenvalue weighted by molar-refractivity contribution is 5.80. The summed E-state index contributed by atoms with van der Waals surface area (Å²) in [5.74, 6) is -0.961. The van der Waals surface area contributed by atoms with E-state index in [0.717, 1.165) is 18.9 Å². The second-order valence-corrected chi connectivity index (χ2v) is 5.82. The molecule has 0 aliphatic carbocycles. The molecule has 0 spiro atoms. The molecule has 0 aliphatic heterocycles. The van der Waals surface area contributed by atoms with Gasteiger partial charge in [0.15, 0.2) is 0 Å². The van der Waals surface area contributed by atoms with Crippen LogP contribution in [0, 0.1) is 0 Å². The molecular formula is C22H32O4. The summed E-state index contributed by atoms with van der Waals surface area (Å²) in [4.78, 5) is 14.7. The maximum atomic E-state index is 10.2. The number of carboxylic acids is 1. The molecule has 0 aromatic carbocycles. The van der Waals surface area contributed by atoms with Crippen LogP contribution in [0.25, 0.3) is 0 Å². The maximum Gasteiger partial charge on any atom is 0.328 e. The lowest BCUT2D eigenvalue weighted by atomic mass is 10.1. The van der Waals surface area contributed by atoms with Gasteiger partial charge in [-0.2, -0.15) is 0 Å². The van der Waals surface area contributed by atoms with Crippen LogP contribution in [0.3, 0.4) is 0 Å². The zero-order chi connectivity index (χ0) is 19.3. The molecule has 0 aliphatic rings. The van der Waals surface area contributed by atoms with Crippen molar-refractivity contribution in [3.05, 3.63) is 72.9 Å². The summed E-state index contributed by atoms with van der Waals surface area (Å²) in [6.07, 6.45) is 28.7. The molecule has 0 aromatic rings. The lowest BCUT2D eigenvalue weighted by Crippen LogP contribution is -2.06. The average Bonchev–Trinajstić information content (AvgIpc) is 2.63. The Bertz CT molecular complexity index is 510. The van der Waals surface area contributed by atoms with Gasteiger partial charge in [-0.15, -0.1) is 0 Å². The molecule has 1 atom stereocenters. The summed E-state index contributed by atoms with van der Waals surface area (Å²) < 4.78 is 0. The number of carboxylic acid groups (broad SMARTS) is 1. The molecule has 0 saturated heterocycles. The van der Waals surface area contributed by atoms with E-state index >= 15 is 0 Å². The summed E-state index contributed by atoms with van der Waals surface area (Å²) in [7, 11) is 0. The molecule has 2 N–H and O–H groups in total. The van der Waals surface area contributed by atoms with Crippen molar-refractivity contribution in [2.75, 3.05) is 0 Å². The van der Waals surface area contributed by atoms with E-state index in [2.05, 4.69) is 11.8 Å². The van der Waals surface area contributed by atoms with Crippen molar-refractivity contribution in [2.45, 2.75) is 58.0 Å². The Morgan fingerprint density at radius 3 is 1.85 bits per heavy atom. The highest BCUT2D eigenvalue weighted by Crippen LogP contribution is 2.10.